The van der Waals surface area contributed by atoms with E-state index in [1.165, 1.54) is 142 Å². The Kier molecular flexibility index (Phi) is 35.1. The number of hydrogen-bond donors (Lipinski definition) is 3. The van der Waals surface area contributed by atoms with Gasteiger partial charge in [-0.25, -0.2) is 0 Å². The number of nitrogens with zero attached hydrogens (tertiary/aromatic N) is 1. The van der Waals surface area contributed by atoms with Crippen molar-refractivity contribution in [1.29, 1.82) is 0 Å². The second kappa shape index (κ2) is 35.4. The third kappa shape index (κ3) is 36.7. The molecular weight excluding hydrogens is 621 g/mol. The van der Waals surface area contributed by atoms with Crippen LogP contribution >= 0.6 is 21.6 Å². The van der Waals surface area contributed by atoms with Gasteiger partial charge >= 0.3 is 0 Å². The zero-order valence-electron chi connectivity index (χ0n) is 32.2. The van der Waals surface area contributed by atoms with Crippen molar-refractivity contribution >= 4 is 33.4 Å². The Balaban J connectivity index is 3.50. The van der Waals surface area contributed by atoms with Gasteiger partial charge in [0.2, 0.25) is 11.8 Å². The van der Waals surface area contributed by atoms with Crippen LogP contribution in [0.15, 0.2) is 0 Å². The third-order valence-corrected chi connectivity index (χ3v) is 11.8. The summed E-state index contributed by atoms with van der Waals surface area (Å²) in [7, 11) is 10.4. The van der Waals surface area contributed by atoms with E-state index in [4.69, 9.17) is 0 Å². The Morgan fingerprint density at radius 2 is 0.872 bits per heavy atom. The molecule has 8 heteroatoms. The predicted octanol–water partition coefficient (Wildman–Crippen LogP) is 8.59. The number of carbonyl (C=O) groups is 2. The highest BCUT2D eigenvalue weighted by Gasteiger charge is 2.15. The smallest absolute Gasteiger partial charge is 0.220 e. The van der Waals surface area contributed by atoms with Crippen LogP contribution in [0.25, 0.3) is 0 Å². The molecule has 47 heavy (non-hydrogen) atoms. The molecule has 0 spiro atoms. The molecule has 6 nitrogen and oxygen atoms in total. The van der Waals surface area contributed by atoms with Gasteiger partial charge in [0.05, 0.1) is 47.3 Å². The summed E-state index contributed by atoms with van der Waals surface area (Å²) >= 11 is 0. The number of unbranched alkanes of at least 4 members (excludes halogenated alkanes) is 18. The van der Waals surface area contributed by atoms with Gasteiger partial charge in [-0.1, -0.05) is 138 Å². The fourth-order valence-corrected chi connectivity index (χ4v) is 7.97. The molecule has 2 amide bonds. The first-order chi connectivity index (χ1) is 22.8. The van der Waals surface area contributed by atoms with Crippen LogP contribution in [0.1, 0.15) is 168 Å². The van der Waals surface area contributed by atoms with Crippen molar-refractivity contribution < 1.29 is 19.0 Å². The molecule has 0 saturated heterocycles. The van der Waals surface area contributed by atoms with Crippen LogP contribution in [0.4, 0.5) is 0 Å². The maximum absolute atomic E-state index is 12.3. The van der Waals surface area contributed by atoms with E-state index in [0.717, 1.165) is 48.5 Å². The zero-order valence-corrected chi connectivity index (χ0v) is 33.8. The van der Waals surface area contributed by atoms with E-state index >= 15 is 0 Å². The summed E-state index contributed by atoms with van der Waals surface area (Å²) in [5.41, 5.74) is 0. The molecule has 0 aliphatic heterocycles. The molecule has 0 aliphatic rings. The average Bonchev–Trinajstić information content (AvgIpc) is 3.04. The number of quaternary nitrogens is 2. The minimum Gasteiger partial charge on any atom is -0.355 e. The predicted molar refractivity (Wildman–Crippen MR) is 212 cm³/mol. The Morgan fingerprint density at radius 1 is 0.511 bits per heavy atom. The van der Waals surface area contributed by atoms with E-state index < -0.39 is 0 Å². The highest BCUT2D eigenvalue weighted by molar-refractivity contribution is 8.76. The molecule has 0 aliphatic carbocycles. The van der Waals surface area contributed by atoms with E-state index in [9.17, 15) is 9.59 Å². The van der Waals surface area contributed by atoms with Gasteiger partial charge in [0, 0.05) is 50.3 Å². The Hall–Kier alpha value is -0.440. The molecule has 280 valence electrons. The van der Waals surface area contributed by atoms with Crippen molar-refractivity contribution in [3.63, 3.8) is 0 Å². The average molecular weight is 703 g/mol. The first-order valence-corrected chi connectivity index (χ1v) is 22.7. The lowest BCUT2D eigenvalue weighted by atomic mass is 10.1. The van der Waals surface area contributed by atoms with Crippen molar-refractivity contribution in [1.82, 2.24) is 10.6 Å². The van der Waals surface area contributed by atoms with Gasteiger partial charge in [-0.05, 0) is 25.7 Å². The number of hydrogen-bond acceptors (Lipinski definition) is 4. The highest BCUT2D eigenvalue weighted by Crippen LogP contribution is 2.19. The SMILES string of the molecule is CCCCCCCCCCCC[NH+](C)CCCC(=O)NCCSSCCNC(=O)CCC[N+](C)(C)CCCCCCCCCCCC. The van der Waals surface area contributed by atoms with Crippen molar-refractivity contribution in [2.75, 3.05) is 71.9 Å². The van der Waals surface area contributed by atoms with Crippen molar-refractivity contribution in [2.45, 2.75) is 168 Å². The lowest BCUT2D eigenvalue weighted by Gasteiger charge is -2.29. The van der Waals surface area contributed by atoms with Crippen LogP contribution in [-0.2, 0) is 9.59 Å². The van der Waals surface area contributed by atoms with Crippen LogP contribution in [0.2, 0.25) is 0 Å². The fraction of sp³-hybridized carbons (Fsp3) is 0.949. The second-order valence-electron chi connectivity index (χ2n) is 14.8. The monoisotopic (exact) mass is 703 g/mol. The molecule has 1 unspecified atom stereocenters. The minimum absolute atomic E-state index is 0.178. The molecule has 0 bridgehead atoms. The molecule has 0 aromatic rings. The first-order valence-electron chi connectivity index (χ1n) is 20.2. The molecule has 0 rings (SSSR count). The second-order valence-corrected chi connectivity index (χ2v) is 17.5. The molecule has 3 N–H and O–H groups in total. The van der Waals surface area contributed by atoms with Crippen molar-refractivity contribution in [3.05, 3.63) is 0 Å². The Labute approximate surface area is 301 Å². The van der Waals surface area contributed by atoms with Crippen LogP contribution in [0, 0.1) is 0 Å². The molecule has 0 saturated carbocycles. The third-order valence-electron chi connectivity index (χ3n) is 9.35. The molecule has 0 aromatic heterocycles. The highest BCUT2D eigenvalue weighted by atomic mass is 33.1. The summed E-state index contributed by atoms with van der Waals surface area (Å²) in [6.45, 7) is 10.6. The van der Waals surface area contributed by atoms with Gasteiger partial charge in [-0.15, -0.1) is 0 Å². The summed E-state index contributed by atoms with van der Waals surface area (Å²) in [6.07, 6.45) is 30.8. The molecule has 0 heterocycles. The van der Waals surface area contributed by atoms with Gasteiger partial charge in [-0.2, -0.15) is 0 Å². The van der Waals surface area contributed by atoms with Gasteiger partial charge in [0.15, 0.2) is 0 Å². The lowest BCUT2D eigenvalue weighted by molar-refractivity contribution is -0.890. The van der Waals surface area contributed by atoms with Crippen LogP contribution in [0.5, 0.6) is 0 Å². The first kappa shape index (κ1) is 46.6. The molecule has 0 aromatic carbocycles. The number of nitrogens with one attached hydrogen (secondary N) is 3. The van der Waals surface area contributed by atoms with Crippen molar-refractivity contribution in [3.8, 4) is 0 Å². The van der Waals surface area contributed by atoms with Crippen molar-refractivity contribution in [2.24, 2.45) is 0 Å². The molecular formula is C39H82N4O2S2+2. The normalized spacial score (nSPS) is 12.4. The van der Waals surface area contributed by atoms with E-state index in [2.05, 4.69) is 45.6 Å². The standard InChI is InChI=1S/C39H80N4O2S2/c1-6-8-10-12-14-16-18-20-22-24-32-42(3)33-26-28-38(44)40-30-36-46-47-37-31-41-39(45)29-27-35-43(4,5)34-25-23-21-19-17-15-13-11-9-7-2/h6-37H2,1-5H3,(H-,40,41,44,45)/p+2. The van der Waals surface area contributed by atoms with Gasteiger partial charge in [0.25, 0.3) is 0 Å². The molecule has 0 fully saturated rings. The van der Waals surface area contributed by atoms with E-state index in [1.807, 2.05) is 0 Å². The van der Waals surface area contributed by atoms with E-state index in [1.54, 1.807) is 26.5 Å². The summed E-state index contributed by atoms with van der Waals surface area (Å²) < 4.78 is 1.02. The molecule has 0 radical (unpaired) electrons. The largest absolute Gasteiger partial charge is 0.355 e. The Morgan fingerprint density at radius 3 is 1.34 bits per heavy atom. The number of rotatable bonds is 37. The minimum atomic E-state index is 0.178. The Bertz CT molecular complexity index is 696. The van der Waals surface area contributed by atoms with Gasteiger partial charge in [0.1, 0.15) is 0 Å². The maximum Gasteiger partial charge on any atom is 0.220 e. The number of carbonyl (C=O) groups excluding carboxylic acids is 2. The number of amides is 2. The van der Waals surface area contributed by atoms with E-state index in [-0.39, 0.29) is 11.8 Å². The van der Waals surface area contributed by atoms with Crippen LogP contribution in [-0.4, -0.2) is 88.2 Å². The zero-order chi connectivity index (χ0) is 34.7. The molecule has 1 atom stereocenters. The summed E-state index contributed by atoms with van der Waals surface area (Å²) in [6, 6.07) is 0. The van der Waals surface area contributed by atoms with E-state index in [0.29, 0.717) is 19.4 Å². The summed E-state index contributed by atoms with van der Waals surface area (Å²) in [4.78, 5) is 26.0. The summed E-state index contributed by atoms with van der Waals surface area (Å²) in [5, 5.41) is 6.14. The topological polar surface area (TPSA) is 62.6 Å². The summed E-state index contributed by atoms with van der Waals surface area (Å²) in [5.74, 6) is 2.16. The van der Waals surface area contributed by atoms with Gasteiger partial charge < -0.3 is 20.0 Å². The van der Waals surface area contributed by atoms with Crippen LogP contribution < -0.4 is 15.5 Å². The van der Waals surface area contributed by atoms with Gasteiger partial charge in [-0.3, -0.25) is 9.59 Å². The maximum atomic E-state index is 12.3. The fourth-order valence-electron chi connectivity index (χ4n) is 6.16. The lowest BCUT2D eigenvalue weighted by Crippen LogP contribution is -3.09. The van der Waals surface area contributed by atoms with Crippen LogP contribution in [0.3, 0.4) is 0 Å². The quantitative estimate of drug-likeness (QED) is 0.0345.